The van der Waals surface area contributed by atoms with Gasteiger partial charge in [-0.1, -0.05) is 30.0 Å². The van der Waals surface area contributed by atoms with Gasteiger partial charge in [-0.05, 0) is 55.5 Å². The molecule has 2 amide bonds. The van der Waals surface area contributed by atoms with Gasteiger partial charge in [0, 0.05) is 27.6 Å². The molecule has 3 aromatic carbocycles. The van der Waals surface area contributed by atoms with Gasteiger partial charge in [0.2, 0.25) is 0 Å². The van der Waals surface area contributed by atoms with Crippen molar-refractivity contribution in [2.45, 2.75) is 16.7 Å². The van der Waals surface area contributed by atoms with Crippen molar-refractivity contribution < 1.29 is 14.0 Å². The van der Waals surface area contributed by atoms with Gasteiger partial charge in [-0.3, -0.25) is 9.59 Å². The molecule has 0 fully saturated rings. The number of rotatable bonds is 3. The first-order valence-electron chi connectivity index (χ1n) is 8.86. The Kier molecular flexibility index (Phi) is 4.88. The van der Waals surface area contributed by atoms with E-state index in [2.05, 4.69) is 5.32 Å². The molecule has 28 heavy (non-hydrogen) atoms. The molecule has 3 aromatic rings. The maximum Gasteiger partial charge on any atom is 0.259 e. The SMILES string of the molecule is CCN1C(=O)c2ccccc2Sc2cc(NC(=O)c3cccc(F)c3)ccc21. The van der Waals surface area contributed by atoms with Crippen molar-refractivity contribution >= 4 is 35.0 Å². The van der Waals surface area contributed by atoms with E-state index in [1.807, 2.05) is 43.3 Å². The zero-order chi connectivity index (χ0) is 19.7. The molecular weight excluding hydrogens is 375 g/mol. The average Bonchev–Trinajstić information content (AvgIpc) is 2.81. The number of hydrogen-bond donors (Lipinski definition) is 1. The molecule has 6 heteroatoms. The first kappa shape index (κ1) is 18.3. The molecule has 0 atom stereocenters. The first-order valence-corrected chi connectivity index (χ1v) is 9.68. The molecule has 4 rings (SSSR count). The van der Waals surface area contributed by atoms with Crippen molar-refractivity contribution in [3.63, 3.8) is 0 Å². The molecule has 1 N–H and O–H groups in total. The Labute approximate surface area is 166 Å². The second-order valence-corrected chi connectivity index (χ2v) is 7.38. The van der Waals surface area contributed by atoms with Gasteiger partial charge in [-0.15, -0.1) is 0 Å². The smallest absolute Gasteiger partial charge is 0.259 e. The number of carbonyl (C=O) groups excluding carboxylic acids is 2. The summed E-state index contributed by atoms with van der Waals surface area (Å²) < 4.78 is 13.4. The fraction of sp³-hybridized carbons (Fsp3) is 0.0909. The van der Waals surface area contributed by atoms with Crippen LogP contribution in [0.3, 0.4) is 0 Å². The van der Waals surface area contributed by atoms with Crippen LogP contribution in [0.5, 0.6) is 0 Å². The minimum absolute atomic E-state index is 0.0408. The molecule has 4 nitrogen and oxygen atoms in total. The lowest BCUT2D eigenvalue weighted by Crippen LogP contribution is -2.30. The summed E-state index contributed by atoms with van der Waals surface area (Å²) in [4.78, 5) is 28.8. The highest BCUT2D eigenvalue weighted by Crippen LogP contribution is 2.42. The topological polar surface area (TPSA) is 49.4 Å². The number of benzene rings is 3. The highest BCUT2D eigenvalue weighted by molar-refractivity contribution is 7.99. The molecular formula is C22H17FN2O2S. The summed E-state index contributed by atoms with van der Waals surface area (Å²) in [5.74, 6) is -0.887. The van der Waals surface area contributed by atoms with Gasteiger partial charge in [0.25, 0.3) is 11.8 Å². The molecule has 140 valence electrons. The van der Waals surface area contributed by atoms with E-state index >= 15 is 0 Å². The van der Waals surface area contributed by atoms with Gasteiger partial charge in [0.05, 0.1) is 11.3 Å². The molecule has 0 aromatic heterocycles. The molecule has 1 aliphatic rings. The van der Waals surface area contributed by atoms with E-state index < -0.39 is 5.82 Å². The third-order valence-electron chi connectivity index (χ3n) is 4.49. The van der Waals surface area contributed by atoms with E-state index in [1.165, 1.54) is 30.0 Å². The highest BCUT2D eigenvalue weighted by atomic mass is 32.2. The molecule has 1 aliphatic heterocycles. The number of amides is 2. The third kappa shape index (κ3) is 3.39. The van der Waals surface area contributed by atoms with Gasteiger partial charge < -0.3 is 10.2 Å². The standard InChI is InChI=1S/C22H17FN2O2S/c1-2-25-18-11-10-16(24-21(26)14-6-5-7-15(23)12-14)13-20(18)28-19-9-4-3-8-17(19)22(25)27/h3-13H,2H2,1H3,(H,24,26). The molecule has 0 bridgehead atoms. The quantitative estimate of drug-likeness (QED) is 0.666. The lowest BCUT2D eigenvalue weighted by molar-refractivity contribution is 0.0983. The van der Waals surface area contributed by atoms with Gasteiger partial charge in [-0.2, -0.15) is 0 Å². The number of hydrogen-bond acceptors (Lipinski definition) is 3. The third-order valence-corrected chi connectivity index (χ3v) is 5.62. The van der Waals surface area contributed by atoms with Crippen LogP contribution >= 0.6 is 11.8 Å². The summed E-state index contributed by atoms with van der Waals surface area (Å²) in [6, 6.07) is 18.5. The second kappa shape index (κ2) is 7.48. The van der Waals surface area contributed by atoms with Gasteiger partial charge in [-0.25, -0.2) is 4.39 Å². The minimum Gasteiger partial charge on any atom is -0.322 e. The van der Waals surface area contributed by atoms with Crippen LogP contribution < -0.4 is 10.2 Å². The Morgan fingerprint density at radius 3 is 2.64 bits per heavy atom. The largest absolute Gasteiger partial charge is 0.322 e. The van der Waals surface area contributed by atoms with E-state index in [-0.39, 0.29) is 17.4 Å². The predicted octanol–water partition coefficient (Wildman–Crippen LogP) is 5.21. The Balaban J connectivity index is 1.69. The fourth-order valence-electron chi connectivity index (χ4n) is 3.15. The Morgan fingerprint density at radius 1 is 1.04 bits per heavy atom. The van der Waals surface area contributed by atoms with Crippen molar-refractivity contribution in [2.75, 3.05) is 16.8 Å². The van der Waals surface area contributed by atoms with E-state index in [4.69, 9.17) is 0 Å². The molecule has 0 unspecified atom stereocenters. The zero-order valence-electron chi connectivity index (χ0n) is 15.1. The number of carbonyl (C=O) groups is 2. The number of anilines is 2. The van der Waals surface area contributed by atoms with Crippen molar-refractivity contribution in [1.29, 1.82) is 0 Å². The van der Waals surface area contributed by atoms with E-state index in [0.717, 1.165) is 15.5 Å². The van der Waals surface area contributed by atoms with E-state index in [0.29, 0.717) is 17.8 Å². The van der Waals surface area contributed by atoms with Crippen LogP contribution in [0.15, 0.2) is 76.5 Å². The summed E-state index contributed by atoms with van der Waals surface area (Å²) in [6.45, 7) is 2.47. The summed E-state index contributed by atoms with van der Waals surface area (Å²) >= 11 is 1.49. The maximum absolute atomic E-state index is 13.4. The second-order valence-electron chi connectivity index (χ2n) is 6.29. The van der Waals surface area contributed by atoms with Crippen molar-refractivity contribution in [3.8, 4) is 0 Å². The van der Waals surface area contributed by atoms with E-state index in [9.17, 15) is 14.0 Å². The van der Waals surface area contributed by atoms with Crippen LogP contribution in [-0.2, 0) is 0 Å². The Hall–Kier alpha value is -3.12. The summed E-state index contributed by atoms with van der Waals surface area (Å²) in [7, 11) is 0. The number of nitrogens with zero attached hydrogens (tertiary/aromatic N) is 1. The molecule has 0 aliphatic carbocycles. The fourth-order valence-corrected chi connectivity index (χ4v) is 4.27. The number of halogens is 1. The Bertz CT molecular complexity index is 1080. The van der Waals surface area contributed by atoms with Crippen LogP contribution in [0.1, 0.15) is 27.6 Å². The number of nitrogens with one attached hydrogen (secondary N) is 1. The predicted molar refractivity (Wildman–Crippen MR) is 109 cm³/mol. The van der Waals surface area contributed by atoms with Crippen molar-refractivity contribution in [1.82, 2.24) is 0 Å². The molecule has 0 saturated carbocycles. The van der Waals surface area contributed by atoms with Crippen LogP contribution in [0.25, 0.3) is 0 Å². The highest BCUT2D eigenvalue weighted by Gasteiger charge is 2.26. The van der Waals surface area contributed by atoms with Crippen LogP contribution in [-0.4, -0.2) is 18.4 Å². The molecule has 0 radical (unpaired) electrons. The van der Waals surface area contributed by atoms with Crippen LogP contribution in [0, 0.1) is 5.82 Å². The summed E-state index contributed by atoms with van der Waals surface area (Å²) in [5, 5.41) is 2.80. The lowest BCUT2D eigenvalue weighted by atomic mass is 10.1. The average molecular weight is 392 g/mol. The monoisotopic (exact) mass is 392 g/mol. The minimum atomic E-state index is -0.459. The molecule has 0 spiro atoms. The maximum atomic E-state index is 13.4. The lowest BCUT2D eigenvalue weighted by Gasteiger charge is -2.21. The van der Waals surface area contributed by atoms with Gasteiger partial charge in [0.1, 0.15) is 5.82 Å². The Morgan fingerprint density at radius 2 is 1.86 bits per heavy atom. The normalized spacial score (nSPS) is 12.8. The first-order chi connectivity index (χ1) is 13.6. The van der Waals surface area contributed by atoms with Crippen LogP contribution in [0.2, 0.25) is 0 Å². The summed E-state index contributed by atoms with van der Waals surface area (Å²) in [6.07, 6.45) is 0. The van der Waals surface area contributed by atoms with Gasteiger partial charge in [0.15, 0.2) is 0 Å². The van der Waals surface area contributed by atoms with Crippen molar-refractivity contribution in [3.05, 3.63) is 83.7 Å². The van der Waals surface area contributed by atoms with Crippen molar-refractivity contribution in [2.24, 2.45) is 0 Å². The van der Waals surface area contributed by atoms with Crippen LogP contribution in [0.4, 0.5) is 15.8 Å². The molecule has 1 heterocycles. The zero-order valence-corrected chi connectivity index (χ0v) is 15.9. The van der Waals surface area contributed by atoms with Gasteiger partial charge >= 0.3 is 0 Å². The number of fused-ring (bicyclic) bond motifs is 2. The summed E-state index contributed by atoms with van der Waals surface area (Å²) in [5.41, 5.74) is 2.30. The molecule has 0 saturated heterocycles. The van der Waals surface area contributed by atoms with E-state index in [1.54, 1.807) is 17.0 Å².